The maximum absolute atomic E-state index is 13.3. The highest BCUT2D eigenvalue weighted by Crippen LogP contribution is 2.30. The molecule has 0 aliphatic heterocycles. The van der Waals surface area contributed by atoms with Gasteiger partial charge in [-0.2, -0.15) is 0 Å². The van der Waals surface area contributed by atoms with Crippen molar-refractivity contribution in [2.45, 2.75) is 0 Å². The first-order valence-electron chi connectivity index (χ1n) is 8.52. The quantitative estimate of drug-likeness (QED) is 0.406. The average molecular weight is 391 g/mol. The second kappa shape index (κ2) is 6.58. The van der Waals surface area contributed by atoms with Crippen LogP contribution < -0.4 is 4.74 Å². The van der Waals surface area contributed by atoms with Gasteiger partial charge in [0.15, 0.2) is 5.82 Å². The third-order valence-corrected chi connectivity index (χ3v) is 4.58. The van der Waals surface area contributed by atoms with Crippen molar-refractivity contribution in [2.75, 3.05) is 0 Å². The van der Waals surface area contributed by atoms with Gasteiger partial charge in [0.2, 0.25) is 5.65 Å². The second-order valence-corrected chi connectivity index (χ2v) is 6.59. The average Bonchev–Trinajstić information content (AvgIpc) is 3.16. The highest BCUT2D eigenvalue weighted by molar-refractivity contribution is 6.30. The van der Waals surface area contributed by atoms with Crippen molar-refractivity contribution in [3.8, 4) is 23.0 Å². The van der Waals surface area contributed by atoms with Crippen molar-refractivity contribution >= 4 is 28.3 Å². The van der Waals surface area contributed by atoms with Gasteiger partial charge in [-0.1, -0.05) is 23.7 Å². The minimum atomic E-state index is -0.309. The number of ether oxygens (including phenoxy) is 1. The van der Waals surface area contributed by atoms with Gasteiger partial charge in [0.05, 0.1) is 11.0 Å². The molecule has 0 saturated heterocycles. The SMILES string of the molecule is Fc1ccc(-c2nnc3c(Oc4ccc(Cl)cc4)nc4ccccc4n23)cc1. The molecule has 0 saturated carbocycles. The number of para-hydroxylation sites is 2. The van der Waals surface area contributed by atoms with Gasteiger partial charge in [0.25, 0.3) is 5.88 Å². The van der Waals surface area contributed by atoms with Crippen LogP contribution in [0, 0.1) is 5.82 Å². The summed E-state index contributed by atoms with van der Waals surface area (Å²) in [7, 11) is 0. The van der Waals surface area contributed by atoms with Crippen LogP contribution in [0.3, 0.4) is 0 Å². The summed E-state index contributed by atoms with van der Waals surface area (Å²) in [6.45, 7) is 0. The molecule has 0 fully saturated rings. The van der Waals surface area contributed by atoms with Crippen molar-refractivity contribution in [1.82, 2.24) is 19.6 Å². The lowest BCUT2D eigenvalue weighted by Gasteiger charge is -2.09. The fourth-order valence-corrected chi connectivity index (χ4v) is 3.15. The van der Waals surface area contributed by atoms with Crippen LogP contribution in [-0.2, 0) is 0 Å². The second-order valence-electron chi connectivity index (χ2n) is 6.15. The van der Waals surface area contributed by atoms with Gasteiger partial charge in [-0.05, 0) is 60.7 Å². The molecule has 0 amide bonds. The van der Waals surface area contributed by atoms with Gasteiger partial charge >= 0.3 is 0 Å². The van der Waals surface area contributed by atoms with Crippen molar-refractivity contribution in [2.24, 2.45) is 0 Å². The molecule has 0 aliphatic carbocycles. The lowest BCUT2D eigenvalue weighted by Crippen LogP contribution is -1.98. The van der Waals surface area contributed by atoms with Crippen LogP contribution in [0.25, 0.3) is 28.1 Å². The Morgan fingerprint density at radius 2 is 1.61 bits per heavy atom. The number of halogens is 2. The number of benzene rings is 3. The van der Waals surface area contributed by atoms with Crippen LogP contribution in [0.2, 0.25) is 5.02 Å². The van der Waals surface area contributed by atoms with E-state index in [-0.39, 0.29) is 5.82 Å². The third kappa shape index (κ3) is 2.84. The molecule has 0 atom stereocenters. The smallest absolute Gasteiger partial charge is 0.266 e. The van der Waals surface area contributed by atoms with E-state index in [9.17, 15) is 4.39 Å². The van der Waals surface area contributed by atoms with Gasteiger partial charge in [0.1, 0.15) is 11.6 Å². The first kappa shape index (κ1) is 16.6. The molecule has 0 spiro atoms. The maximum Gasteiger partial charge on any atom is 0.266 e. The van der Waals surface area contributed by atoms with E-state index in [0.717, 1.165) is 16.6 Å². The fourth-order valence-electron chi connectivity index (χ4n) is 3.03. The minimum absolute atomic E-state index is 0.309. The van der Waals surface area contributed by atoms with Gasteiger partial charge in [-0.3, -0.25) is 4.40 Å². The van der Waals surface area contributed by atoms with Crippen LogP contribution in [0.4, 0.5) is 4.39 Å². The topological polar surface area (TPSA) is 52.3 Å². The van der Waals surface area contributed by atoms with Crippen molar-refractivity contribution in [3.05, 3.63) is 83.6 Å². The van der Waals surface area contributed by atoms with Gasteiger partial charge < -0.3 is 4.74 Å². The summed E-state index contributed by atoms with van der Waals surface area (Å²) in [5, 5.41) is 9.21. The predicted molar refractivity (Wildman–Crippen MR) is 105 cm³/mol. The van der Waals surface area contributed by atoms with Gasteiger partial charge in [-0.25, -0.2) is 9.37 Å². The Hall–Kier alpha value is -3.51. The molecular formula is C21H12ClFN4O. The molecule has 0 unspecified atom stereocenters. The Morgan fingerprint density at radius 1 is 0.857 bits per heavy atom. The summed E-state index contributed by atoms with van der Waals surface area (Å²) in [5.41, 5.74) is 2.75. The molecule has 0 radical (unpaired) electrons. The zero-order chi connectivity index (χ0) is 19.1. The lowest BCUT2D eigenvalue weighted by atomic mass is 10.2. The van der Waals surface area contributed by atoms with E-state index >= 15 is 0 Å². The maximum atomic E-state index is 13.3. The monoisotopic (exact) mass is 390 g/mol. The fraction of sp³-hybridized carbons (Fsp3) is 0. The van der Waals surface area contributed by atoms with E-state index in [2.05, 4.69) is 15.2 Å². The minimum Gasteiger partial charge on any atom is -0.436 e. The molecular weight excluding hydrogens is 379 g/mol. The van der Waals surface area contributed by atoms with E-state index in [1.807, 2.05) is 28.7 Å². The molecule has 2 heterocycles. The van der Waals surface area contributed by atoms with Crippen LogP contribution in [0.15, 0.2) is 72.8 Å². The van der Waals surface area contributed by atoms with Crippen LogP contribution in [0.1, 0.15) is 0 Å². The summed E-state index contributed by atoms with van der Waals surface area (Å²) in [4.78, 5) is 4.60. The Morgan fingerprint density at radius 3 is 2.39 bits per heavy atom. The largest absolute Gasteiger partial charge is 0.436 e. The summed E-state index contributed by atoms with van der Waals surface area (Å²) < 4.78 is 21.2. The Bertz CT molecular complexity index is 1300. The molecule has 3 aromatic carbocycles. The van der Waals surface area contributed by atoms with E-state index < -0.39 is 0 Å². The van der Waals surface area contributed by atoms with E-state index in [1.165, 1.54) is 12.1 Å². The molecule has 5 aromatic rings. The van der Waals surface area contributed by atoms with Crippen molar-refractivity contribution < 1.29 is 9.13 Å². The summed E-state index contributed by atoms with van der Waals surface area (Å²) >= 11 is 5.95. The lowest BCUT2D eigenvalue weighted by molar-refractivity contribution is 0.467. The first-order chi connectivity index (χ1) is 13.7. The molecule has 7 heteroatoms. The Kier molecular flexibility index (Phi) is 3.91. The third-order valence-electron chi connectivity index (χ3n) is 4.33. The van der Waals surface area contributed by atoms with Gasteiger partial charge in [-0.15, -0.1) is 10.2 Å². The molecule has 2 aromatic heterocycles. The molecule has 0 bridgehead atoms. The van der Waals surface area contributed by atoms with Crippen molar-refractivity contribution in [3.63, 3.8) is 0 Å². The molecule has 0 N–H and O–H groups in total. The summed E-state index contributed by atoms with van der Waals surface area (Å²) in [6.07, 6.45) is 0. The molecule has 136 valence electrons. The Labute approximate surface area is 164 Å². The zero-order valence-electron chi connectivity index (χ0n) is 14.4. The highest BCUT2D eigenvalue weighted by atomic mass is 35.5. The van der Waals surface area contributed by atoms with Crippen molar-refractivity contribution in [1.29, 1.82) is 0 Å². The predicted octanol–water partition coefficient (Wildman–Crippen LogP) is 5.53. The standard InChI is InChI=1S/C21H12ClFN4O/c22-14-7-11-16(12-8-14)28-21-20-26-25-19(13-5-9-15(23)10-6-13)27(20)18-4-2-1-3-17(18)24-21/h1-12H. The number of hydrogen-bond acceptors (Lipinski definition) is 4. The summed E-state index contributed by atoms with van der Waals surface area (Å²) in [5.74, 6) is 1.17. The van der Waals surface area contributed by atoms with Crippen LogP contribution in [0.5, 0.6) is 11.6 Å². The number of rotatable bonds is 3. The van der Waals surface area contributed by atoms with Crippen LogP contribution in [-0.4, -0.2) is 19.6 Å². The molecule has 28 heavy (non-hydrogen) atoms. The normalized spacial score (nSPS) is 11.2. The Balaban J connectivity index is 1.75. The van der Waals surface area contributed by atoms with E-state index in [1.54, 1.807) is 36.4 Å². The summed E-state index contributed by atoms with van der Waals surface area (Å²) in [6, 6.07) is 20.7. The van der Waals surface area contributed by atoms with E-state index in [0.29, 0.717) is 28.1 Å². The number of fused-ring (bicyclic) bond motifs is 3. The first-order valence-corrected chi connectivity index (χ1v) is 8.90. The molecule has 0 aliphatic rings. The van der Waals surface area contributed by atoms with Crippen LogP contribution >= 0.6 is 11.6 Å². The number of nitrogens with zero attached hydrogens (tertiary/aromatic N) is 4. The van der Waals surface area contributed by atoms with E-state index in [4.69, 9.17) is 16.3 Å². The number of hydrogen-bond donors (Lipinski definition) is 0. The number of aromatic nitrogens is 4. The van der Waals surface area contributed by atoms with Gasteiger partial charge in [0, 0.05) is 10.6 Å². The zero-order valence-corrected chi connectivity index (χ0v) is 15.1. The highest BCUT2D eigenvalue weighted by Gasteiger charge is 2.17. The molecule has 5 nitrogen and oxygen atoms in total. The molecule has 5 rings (SSSR count).